The fourth-order valence-corrected chi connectivity index (χ4v) is 4.07. The zero-order chi connectivity index (χ0) is 22.4. The zero-order valence-corrected chi connectivity index (χ0v) is 18.9. The number of rotatable bonds is 9. The van der Waals surface area contributed by atoms with E-state index in [0.29, 0.717) is 17.9 Å². The number of aryl methyl sites for hydroxylation is 1. The summed E-state index contributed by atoms with van der Waals surface area (Å²) in [6.07, 6.45) is 4.20. The highest BCUT2D eigenvalue weighted by Crippen LogP contribution is 2.25. The van der Waals surface area contributed by atoms with Gasteiger partial charge in [-0.05, 0) is 41.7 Å². The quantitative estimate of drug-likeness (QED) is 0.531. The van der Waals surface area contributed by atoms with E-state index >= 15 is 0 Å². The summed E-state index contributed by atoms with van der Waals surface area (Å²) in [6.45, 7) is 6.43. The Morgan fingerprint density at radius 3 is 2.48 bits per heavy atom. The summed E-state index contributed by atoms with van der Waals surface area (Å²) < 4.78 is 6.69. The molecule has 2 heterocycles. The summed E-state index contributed by atoms with van der Waals surface area (Å²) in [6, 6.07) is 11.6. The molecule has 0 spiro atoms. The van der Waals surface area contributed by atoms with Crippen LogP contribution in [0.15, 0.2) is 47.4 Å². The molecule has 31 heavy (non-hydrogen) atoms. The van der Waals surface area contributed by atoms with Crippen LogP contribution in [-0.4, -0.2) is 27.2 Å². The average Bonchev–Trinajstić information content (AvgIpc) is 3.02. The molecule has 1 N–H and O–H groups in total. The van der Waals surface area contributed by atoms with Gasteiger partial charge in [-0.15, -0.1) is 0 Å². The van der Waals surface area contributed by atoms with Crippen molar-refractivity contribution in [1.82, 2.24) is 9.55 Å². The van der Waals surface area contributed by atoms with Crippen LogP contribution < -0.4 is 9.61 Å². The second-order valence-corrected chi connectivity index (χ2v) is 8.92. The first-order valence-corrected chi connectivity index (χ1v) is 11.3. The molecule has 7 heteroatoms. The monoisotopic (exact) mass is 440 g/mol. The van der Waals surface area contributed by atoms with Gasteiger partial charge in [-0.3, -0.25) is 14.6 Å². The van der Waals surface area contributed by atoms with E-state index in [-0.39, 0.29) is 24.1 Å². The first-order valence-electron chi connectivity index (χ1n) is 10.5. The Kier molecular flexibility index (Phi) is 7.63. The molecule has 1 aromatic carbocycles. The number of hydrogen-bond acceptors (Lipinski definition) is 6. The highest BCUT2D eigenvalue weighted by atomic mass is 32.1. The van der Waals surface area contributed by atoms with Crippen molar-refractivity contribution in [1.29, 1.82) is 0 Å². The van der Waals surface area contributed by atoms with E-state index in [9.17, 15) is 14.7 Å². The lowest BCUT2D eigenvalue weighted by atomic mass is 10.1. The summed E-state index contributed by atoms with van der Waals surface area (Å²) in [4.78, 5) is 28.9. The lowest BCUT2D eigenvalue weighted by molar-refractivity contribution is 0.0874. The minimum absolute atomic E-state index is 0.112. The molecule has 0 atom stereocenters. The first-order chi connectivity index (χ1) is 14.9. The van der Waals surface area contributed by atoms with Gasteiger partial charge in [0.05, 0.1) is 11.5 Å². The number of hydrogen-bond donors (Lipinski definition) is 1. The van der Waals surface area contributed by atoms with Gasteiger partial charge in [0.15, 0.2) is 0 Å². The molecular formula is C24H28N2O4S. The fourth-order valence-electron chi connectivity index (χ4n) is 3.16. The predicted octanol–water partition coefficient (Wildman–Crippen LogP) is 4.47. The third kappa shape index (κ3) is 6.04. The van der Waals surface area contributed by atoms with Gasteiger partial charge in [-0.1, -0.05) is 50.3 Å². The van der Waals surface area contributed by atoms with Gasteiger partial charge in [0.25, 0.3) is 0 Å². The number of ether oxygens (including phenoxy) is 1. The van der Waals surface area contributed by atoms with Crippen LogP contribution in [0.2, 0.25) is 0 Å². The average molecular weight is 441 g/mol. The molecule has 3 aromatic rings. The minimum Gasteiger partial charge on any atom is -0.493 e. The third-order valence-corrected chi connectivity index (χ3v) is 5.83. The first kappa shape index (κ1) is 22.7. The number of nitrogens with zero attached hydrogens (tertiary/aromatic N) is 2. The second kappa shape index (κ2) is 10.4. The molecule has 0 aliphatic carbocycles. The van der Waals surface area contributed by atoms with E-state index in [4.69, 9.17) is 4.74 Å². The summed E-state index contributed by atoms with van der Waals surface area (Å²) in [7, 11) is 0. The van der Waals surface area contributed by atoms with Gasteiger partial charge in [-0.2, -0.15) is 0 Å². The molecule has 2 aromatic heterocycles. The van der Waals surface area contributed by atoms with Crippen LogP contribution in [0.4, 0.5) is 0 Å². The number of aromatic nitrogens is 2. The fraction of sp³-hybridized carbons (Fsp3) is 0.375. The van der Waals surface area contributed by atoms with E-state index in [1.165, 1.54) is 5.56 Å². The van der Waals surface area contributed by atoms with Crippen molar-refractivity contribution < 1.29 is 14.6 Å². The molecule has 6 nitrogen and oxygen atoms in total. The number of aromatic hydroxyl groups is 1. The molecule has 0 saturated carbocycles. The molecule has 0 saturated heterocycles. The summed E-state index contributed by atoms with van der Waals surface area (Å²) in [5.74, 6) is 0.238. The Balaban J connectivity index is 1.58. The molecule has 0 aliphatic rings. The van der Waals surface area contributed by atoms with Crippen molar-refractivity contribution >= 4 is 17.2 Å². The van der Waals surface area contributed by atoms with Crippen molar-refractivity contribution in [3.8, 4) is 11.6 Å². The van der Waals surface area contributed by atoms with Gasteiger partial charge in [0, 0.05) is 31.2 Å². The molecule has 0 radical (unpaired) electrons. The van der Waals surface area contributed by atoms with E-state index < -0.39 is 4.87 Å². The van der Waals surface area contributed by atoms with Gasteiger partial charge in [-0.25, -0.2) is 4.57 Å². The van der Waals surface area contributed by atoms with Gasteiger partial charge < -0.3 is 9.84 Å². The Morgan fingerprint density at radius 2 is 1.87 bits per heavy atom. The molecule has 164 valence electrons. The molecule has 0 aliphatic heterocycles. The SMILES string of the molecule is CCc1ccc(CCOc2ccc(Cc3sc(=O)n(C(=O)CC(C)C)c3O)cc2)nc1. The van der Waals surface area contributed by atoms with Crippen molar-refractivity contribution in [3.63, 3.8) is 0 Å². The molecule has 3 rings (SSSR count). The van der Waals surface area contributed by atoms with E-state index in [2.05, 4.69) is 18.0 Å². The van der Waals surface area contributed by atoms with Crippen LogP contribution >= 0.6 is 11.3 Å². The maximum atomic E-state index is 12.2. The predicted molar refractivity (Wildman–Crippen MR) is 122 cm³/mol. The normalized spacial score (nSPS) is 11.1. The van der Waals surface area contributed by atoms with Crippen molar-refractivity contribution in [2.24, 2.45) is 5.92 Å². The van der Waals surface area contributed by atoms with Crippen LogP contribution in [-0.2, 0) is 19.3 Å². The molecule has 0 amide bonds. The second-order valence-electron chi connectivity index (χ2n) is 7.87. The van der Waals surface area contributed by atoms with Crippen LogP contribution in [0, 0.1) is 5.92 Å². The van der Waals surface area contributed by atoms with E-state index in [1.54, 1.807) is 0 Å². The summed E-state index contributed by atoms with van der Waals surface area (Å²) >= 11 is 0.908. The molecular weight excluding hydrogens is 412 g/mol. The maximum Gasteiger partial charge on any atom is 0.317 e. The van der Waals surface area contributed by atoms with Crippen LogP contribution in [0.3, 0.4) is 0 Å². The Bertz CT molecular complexity index is 1070. The van der Waals surface area contributed by atoms with Gasteiger partial charge in [0.1, 0.15) is 5.75 Å². The summed E-state index contributed by atoms with van der Waals surface area (Å²) in [5.41, 5.74) is 3.14. The number of carbonyl (C=O) groups is 1. The van der Waals surface area contributed by atoms with Crippen molar-refractivity contribution in [2.75, 3.05) is 6.61 Å². The molecule has 0 bridgehead atoms. The topological polar surface area (TPSA) is 81.4 Å². The Labute approximate surface area is 186 Å². The van der Waals surface area contributed by atoms with Gasteiger partial charge in [0.2, 0.25) is 11.8 Å². The standard InChI is InChI=1S/C24H28N2O4S/c1-4-17-5-8-19(25-15-17)11-12-30-20-9-6-18(7-10-20)14-21-23(28)26(24(29)31-21)22(27)13-16(2)3/h5-10,15-16,28H,4,11-14H2,1-3H3. The number of benzene rings is 1. The van der Waals surface area contributed by atoms with E-state index in [1.807, 2.05) is 50.4 Å². The van der Waals surface area contributed by atoms with E-state index in [0.717, 1.165) is 45.8 Å². The highest BCUT2D eigenvalue weighted by Gasteiger charge is 2.20. The lowest BCUT2D eigenvalue weighted by Crippen LogP contribution is -2.22. The number of thiazole rings is 1. The van der Waals surface area contributed by atoms with Crippen molar-refractivity contribution in [2.45, 2.75) is 46.5 Å². The van der Waals surface area contributed by atoms with Gasteiger partial charge >= 0.3 is 4.87 Å². The zero-order valence-electron chi connectivity index (χ0n) is 18.1. The third-order valence-electron chi connectivity index (χ3n) is 4.90. The smallest absolute Gasteiger partial charge is 0.317 e. The van der Waals surface area contributed by atoms with Crippen LogP contribution in [0.1, 0.15) is 53.7 Å². The van der Waals surface area contributed by atoms with Crippen molar-refractivity contribution in [3.05, 3.63) is 74.0 Å². The molecule has 0 fully saturated rings. The minimum atomic E-state index is -0.446. The lowest BCUT2D eigenvalue weighted by Gasteiger charge is -2.08. The van der Waals surface area contributed by atoms with Crippen LogP contribution in [0.25, 0.3) is 0 Å². The number of carbonyl (C=O) groups excluding carboxylic acids is 1. The largest absolute Gasteiger partial charge is 0.493 e. The Hall–Kier alpha value is -2.93. The molecule has 0 unspecified atom stereocenters. The highest BCUT2D eigenvalue weighted by molar-refractivity contribution is 7.09. The van der Waals surface area contributed by atoms with Crippen LogP contribution in [0.5, 0.6) is 11.6 Å². The Morgan fingerprint density at radius 1 is 1.16 bits per heavy atom. The number of pyridine rings is 1. The maximum absolute atomic E-state index is 12.2. The summed E-state index contributed by atoms with van der Waals surface area (Å²) in [5, 5.41) is 10.4.